The first kappa shape index (κ1) is 19.9. The van der Waals surface area contributed by atoms with Crippen molar-refractivity contribution in [1.82, 2.24) is 10.6 Å². The summed E-state index contributed by atoms with van der Waals surface area (Å²) in [4.78, 5) is 25.0. The van der Waals surface area contributed by atoms with Gasteiger partial charge in [-0.2, -0.15) is 0 Å². The predicted octanol–water partition coefficient (Wildman–Crippen LogP) is 0.829. The number of fused-ring (bicyclic) bond motifs is 1. The molecule has 0 fully saturated rings. The first-order valence-electron chi connectivity index (χ1n) is 9.16. The Balaban J connectivity index is 2.12. The van der Waals surface area contributed by atoms with Gasteiger partial charge in [0.05, 0.1) is 17.6 Å². The molecule has 0 spiro atoms. The topological polar surface area (TPSA) is 108 Å². The van der Waals surface area contributed by atoms with Crippen LogP contribution in [0.15, 0.2) is 42.5 Å². The second kappa shape index (κ2) is 8.41. The predicted molar refractivity (Wildman–Crippen MR) is 104 cm³/mol. The van der Waals surface area contributed by atoms with Crippen molar-refractivity contribution in [2.24, 2.45) is 0 Å². The number of nitrogens with one attached hydrogen (secondary N) is 2. The van der Waals surface area contributed by atoms with Crippen LogP contribution in [0.5, 0.6) is 5.75 Å². The highest BCUT2D eigenvalue weighted by molar-refractivity contribution is 6.02. The molecule has 4 N–H and O–H groups in total. The highest BCUT2D eigenvalue weighted by Crippen LogP contribution is 2.45. The van der Waals surface area contributed by atoms with E-state index in [9.17, 15) is 14.7 Å². The Morgan fingerprint density at radius 1 is 1.14 bits per heavy atom. The van der Waals surface area contributed by atoms with Crippen molar-refractivity contribution >= 4 is 11.8 Å². The Bertz CT molecular complexity index is 869. The molecule has 7 nitrogen and oxygen atoms in total. The van der Waals surface area contributed by atoms with E-state index in [0.29, 0.717) is 29.8 Å². The summed E-state index contributed by atoms with van der Waals surface area (Å²) in [5.41, 5.74) is 1.14. The van der Waals surface area contributed by atoms with Gasteiger partial charge in [0.25, 0.3) is 11.8 Å². The smallest absolute Gasteiger partial charge is 0.254 e. The fraction of sp³-hybridized carbons (Fsp3) is 0.333. The van der Waals surface area contributed by atoms with E-state index in [1.54, 1.807) is 6.07 Å². The summed E-state index contributed by atoms with van der Waals surface area (Å²) >= 11 is 0. The molecule has 0 aromatic heterocycles. The third-order valence-corrected chi connectivity index (χ3v) is 5.02. The van der Waals surface area contributed by atoms with Crippen molar-refractivity contribution in [2.75, 3.05) is 33.4 Å². The van der Waals surface area contributed by atoms with E-state index in [0.717, 1.165) is 5.56 Å². The van der Waals surface area contributed by atoms with Crippen LogP contribution in [0.1, 0.15) is 38.3 Å². The zero-order valence-corrected chi connectivity index (χ0v) is 15.7. The maximum Gasteiger partial charge on any atom is 0.254 e. The summed E-state index contributed by atoms with van der Waals surface area (Å²) in [7, 11) is 1.51. The molecular formula is C21H24N2O5. The maximum absolute atomic E-state index is 12.6. The lowest BCUT2D eigenvalue weighted by atomic mass is 9.76. The molecule has 7 heteroatoms. The first-order chi connectivity index (χ1) is 13.6. The van der Waals surface area contributed by atoms with Crippen molar-refractivity contribution in [3.63, 3.8) is 0 Å². The molecule has 2 aromatic carbocycles. The molecule has 148 valence electrons. The maximum atomic E-state index is 12.6. The molecule has 0 saturated heterocycles. The van der Waals surface area contributed by atoms with Crippen molar-refractivity contribution in [3.8, 4) is 5.75 Å². The zero-order valence-electron chi connectivity index (χ0n) is 15.7. The van der Waals surface area contributed by atoms with Gasteiger partial charge >= 0.3 is 0 Å². The van der Waals surface area contributed by atoms with Gasteiger partial charge in [-0.25, -0.2) is 0 Å². The lowest BCUT2D eigenvalue weighted by Crippen LogP contribution is -2.34. The van der Waals surface area contributed by atoms with E-state index in [1.165, 1.54) is 13.1 Å². The minimum absolute atomic E-state index is 0.0244. The molecule has 0 bridgehead atoms. The van der Waals surface area contributed by atoms with Crippen molar-refractivity contribution < 1.29 is 24.5 Å². The normalized spacial score (nSPS) is 17.5. The molecule has 3 rings (SSSR count). The van der Waals surface area contributed by atoms with E-state index in [-0.39, 0.29) is 37.2 Å². The average molecular weight is 384 g/mol. The highest BCUT2D eigenvalue weighted by atomic mass is 16.5. The number of hydrogen-bond donors (Lipinski definition) is 4. The van der Waals surface area contributed by atoms with Gasteiger partial charge in [-0.15, -0.1) is 0 Å². The Morgan fingerprint density at radius 3 is 2.54 bits per heavy atom. The van der Waals surface area contributed by atoms with Crippen LogP contribution in [0.4, 0.5) is 0 Å². The molecule has 1 aliphatic heterocycles. The van der Waals surface area contributed by atoms with Crippen LogP contribution in [-0.2, 0) is 5.41 Å². The van der Waals surface area contributed by atoms with Gasteiger partial charge in [0.15, 0.2) is 0 Å². The zero-order chi connectivity index (χ0) is 20.1. The standard InChI is InChI=1S/C21H24N2O5/c1-22-20(27)16-10-14(19(26)23-8-5-9-24)11-17-18(16)28-13-21(17,12-25)15-6-3-2-4-7-15/h2-4,6-7,10-11,24-25H,5,8-9,12-13H2,1H3,(H,22,27)(H,23,26). The first-order valence-corrected chi connectivity index (χ1v) is 9.16. The second-order valence-corrected chi connectivity index (χ2v) is 6.71. The quantitative estimate of drug-likeness (QED) is 0.529. The number of carbonyl (C=O) groups is 2. The second-order valence-electron chi connectivity index (χ2n) is 6.71. The molecule has 28 heavy (non-hydrogen) atoms. The molecule has 1 unspecified atom stereocenters. The molecule has 2 amide bonds. The summed E-state index contributed by atoms with van der Waals surface area (Å²) in [6, 6.07) is 12.6. The van der Waals surface area contributed by atoms with Gasteiger partial charge in [0, 0.05) is 31.3 Å². The van der Waals surface area contributed by atoms with Gasteiger partial charge in [-0.1, -0.05) is 30.3 Å². The van der Waals surface area contributed by atoms with Gasteiger partial charge in [0.1, 0.15) is 12.4 Å². The number of carbonyl (C=O) groups excluding carboxylic acids is 2. The third kappa shape index (κ3) is 3.46. The minimum atomic E-state index is -0.860. The van der Waals surface area contributed by atoms with Crippen LogP contribution in [0.2, 0.25) is 0 Å². The van der Waals surface area contributed by atoms with E-state index in [4.69, 9.17) is 9.84 Å². The van der Waals surface area contributed by atoms with E-state index < -0.39 is 5.41 Å². The van der Waals surface area contributed by atoms with Crippen LogP contribution < -0.4 is 15.4 Å². The van der Waals surface area contributed by atoms with Crippen LogP contribution in [0.25, 0.3) is 0 Å². The molecule has 0 aliphatic carbocycles. The molecular weight excluding hydrogens is 360 g/mol. The number of benzene rings is 2. The number of hydrogen-bond acceptors (Lipinski definition) is 5. The van der Waals surface area contributed by atoms with Gasteiger partial charge in [0.2, 0.25) is 0 Å². The number of aliphatic hydroxyl groups is 2. The molecule has 0 radical (unpaired) electrons. The Kier molecular flexibility index (Phi) is 5.96. The molecule has 0 saturated carbocycles. The number of ether oxygens (including phenoxy) is 1. The van der Waals surface area contributed by atoms with Crippen LogP contribution in [0.3, 0.4) is 0 Å². The number of amides is 2. The molecule has 1 aliphatic rings. The van der Waals surface area contributed by atoms with Gasteiger partial charge in [-0.3, -0.25) is 9.59 Å². The van der Waals surface area contributed by atoms with E-state index in [2.05, 4.69) is 10.6 Å². The number of rotatable bonds is 7. The average Bonchev–Trinajstić information content (AvgIpc) is 3.13. The molecule has 1 atom stereocenters. The van der Waals surface area contributed by atoms with E-state index in [1.807, 2.05) is 30.3 Å². The largest absolute Gasteiger partial charge is 0.491 e. The van der Waals surface area contributed by atoms with Crippen molar-refractivity contribution in [1.29, 1.82) is 0 Å². The lowest BCUT2D eigenvalue weighted by molar-refractivity contribution is 0.0950. The Morgan fingerprint density at radius 2 is 1.89 bits per heavy atom. The Hall–Kier alpha value is -2.90. The van der Waals surface area contributed by atoms with Crippen LogP contribution in [-0.4, -0.2) is 55.4 Å². The lowest BCUT2D eigenvalue weighted by Gasteiger charge is -2.26. The summed E-state index contributed by atoms with van der Waals surface area (Å²) in [6.07, 6.45) is 0.437. The van der Waals surface area contributed by atoms with E-state index >= 15 is 0 Å². The van der Waals surface area contributed by atoms with Crippen molar-refractivity contribution in [2.45, 2.75) is 11.8 Å². The van der Waals surface area contributed by atoms with Crippen LogP contribution >= 0.6 is 0 Å². The Labute approximate surface area is 163 Å². The third-order valence-electron chi connectivity index (χ3n) is 5.02. The summed E-state index contributed by atoms with van der Waals surface area (Å²) < 4.78 is 5.86. The van der Waals surface area contributed by atoms with Crippen molar-refractivity contribution in [3.05, 3.63) is 64.7 Å². The van der Waals surface area contributed by atoms with Crippen LogP contribution in [0, 0.1) is 0 Å². The number of aliphatic hydroxyl groups excluding tert-OH is 2. The highest BCUT2D eigenvalue weighted by Gasteiger charge is 2.44. The summed E-state index contributed by atoms with van der Waals surface area (Å²) in [5, 5.41) is 24.5. The van der Waals surface area contributed by atoms with Gasteiger partial charge in [-0.05, 0) is 24.1 Å². The monoisotopic (exact) mass is 384 g/mol. The molecule has 2 aromatic rings. The SMILES string of the molecule is CNC(=O)c1cc(C(=O)NCCCO)cc2c1OCC2(CO)c1ccccc1. The fourth-order valence-electron chi connectivity index (χ4n) is 3.45. The minimum Gasteiger partial charge on any atom is -0.491 e. The summed E-state index contributed by atoms with van der Waals surface area (Å²) in [5.74, 6) is -0.347. The molecule has 1 heterocycles. The summed E-state index contributed by atoms with van der Waals surface area (Å²) in [6.45, 7) is 0.237. The fourth-order valence-corrected chi connectivity index (χ4v) is 3.45. The van der Waals surface area contributed by atoms with Gasteiger partial charge < -0.3 is 25.6 Å².